The lowest BCUT2D eigenvalue weighted by atomic mass is 9.97. The van der Waals surface area contributed by atoms with Crippen molar-refractivity contribution >= 4 is 11.8 Å². The summed E-state index contributed by atoms with van der Waals surface area (Å²) >= 11 is 0. The molecule has 172 valence electrons. The first-order chi connectivity index (χ1) is 16.1. The SMILES string of the molecule is NC(=O)C1CCCN(CCCNC(=O)c2ccccc2-c2ccc(Cn3cccn3)cc2)C1. The molecule has 3 N–H and O–H groups in total. The van der Waals surface area contributed by atoms with Crippen molar-refractivity contribution in [3.05, 3.63) is 78.1 Å². The summed E-state index contributed by atoms with van der Waals surface area (Å²) in [5.74, 6) is -0.329. The Kier molecular flexibility index (Phi) is 7.52. The molecule has 3 aromatic rings. The number of hydrogen-bond donors (Lipinski definition) is 2. The van der Waals surface area contributed by atoms with Gasteiger partial charge in [0.15, 0.2) is 0 Å². The summed E-state index contributed by atoms with van der Waals surface area (Å²) < 4.78 is 1.88. The average molecular weight is 446 g/mol. The summed E-state index contributed by atoms with van der Waals surface area (Å²) in [7, 11) is 0. The van der Waals surface area contributed by atoms with Crippen LogP contribution in [0.3, 0.4) is 0 Å². The fourth-order valence-corrected chi connectivity index (χ4v) is 4.39. The number of carbonyl (C=O) groups is 2. The van der Waals surface area contributed by atoms with Crippen LogP contribution in [0.2, 0.25) is 0 Å². The molecule has 1 aromatic heterocycles. The Morgan fingerprint density at radius 2 is 1.91 bits per heavy atom. The Balaban J connectivity index is 1.32. The highest BCUT2D eigenvalue weighted by Crippen LogP contribution is 2.24. The molecule has 0 radical (unpaired) electrons. The summed E-state index contributed by atoms with van der Waals surface area (Å²) in [6, 6.07) is 17.9. The molecule has 1 aliphatic rings. The van der Waals surface area contributed by atoms with Crippen molar-refractivity contribution in [3.8, 4) is 11.1 Å². The zero-order chi connectivity index (χ0) is 23.0. The molecule has 2 amide bonds. The van der Waals surface area contributed by atoms with Crippen LogP contribution in [0.15, 0.2) is 67.0 Å². The summed E-state index contributed by atoms with van der Waals surface area (Å²) in [4.78, 5) is 26.6. The molecule has 7 heteroatoms. The molecular formula is C26H31N5O2. The van der Waals surface area contributed by atoms with E-state index in [-0.39, 0.29) is 17.7 Å². The monoisotopic (exact) mass is 445 g/mol. The molecule has 1 aliphatic heterocycles. The number of nitrogens with one attached hydrogen (secondary N) is 1. The molecule has 0 saturated carbocycles. The number of piperidine rings is 1. The van der Waals surface area contributed by atoms with E-state index in [1.54, 1.807) is 6.20 Å². The molecule has 1 saturated heterocycles. The molecule has 1 atom stereocenters. The number of hydrogen-bond acceptors (Lipinski definition) is 4. The molecule has 4 rings (SSSR count). The van der Waals surface area contributed by atoms with Gasteiger partial charge >= 0.3 is 0 Å². The topological polar surface area (TPSA) is 93.3 Å². The van der Waals surface area contributed by atoms with Crippen LogP contribution in [-0.2, 0) is 11.3 Å². The zero-order valence-corrected chi connectivity index (χ0v) is 18.8. The minimum absolute atomic E-state index is 0.0499. The Bertz CT molecular complexity index is 1060. The van der Waals surface area contributed by atoms with E-state index >= 15 is 0 Å². The van der Waals surface area contributed by atoms with Crippen molar-refractivity contribution in [1.29, 1.82) is 0 Å². The van der Waals surface area contributed by atoms with Crippen LogP contribution in [0, 0.1) is 5.92 Å². The van der Waals surface area contributed by atoms with Crippen molar-refractivity contribution in [2.45, 2.75) is 25.8 Å². The van der Waals surface area contributed by atoms with E-state index in [2.05, 4.69) is 39.6 Å². The largest absolute Gasteiger partial charge is 0.369 e. The van der Waals surface area contributed by atoms with E-state index in [0.29, 0.717) is 18.7 Å². The van der Waals surface area contributed by atoms with Crippen molar-refractivity contribution in [1.82, 2.24) is 20.0 Å². The molecule has 0 aliphatic carbocycles. The number of aromatic nitrogens is 2. The molecule has 2 heterocycles. The number of rotatable bonds is 9. The van der Waals surface area contributed by atoms with E-state index in [9.17, 15) is 9.59 Å². The summed E-state index contributed by atoms with van der Waals surface area (Å²) in [5, 5.41) is 7.30. The Labute approximate surface area is 194 Å². The maximum atomic E-state index is 12.9. The molecule has 7 nitrogen and oxygen atoms in total. The number of benzene rings is 2. The predicted molar refractivity (Wildman–Crippen MR) is 129 cm³/mol. The van der Waals surface area contributed by atoms with Gasteiger partial charge in [-0.3, -0.25) is 14.3 Å². The number of amides is 2. The van der Waals surface area contributed by atoms with Gasteiger partial charge in [-0.2, -0.15) is 5.10 Å². The highest BCUT2D eigenvalue weighted by atomic mass is 16.2. The van der Waals surface area contributed by atoms with Gasteiger partial charge in [0.25, 0.3) is 5.91 Å². The van der Waals surface area contributed by atoms with E-state index in [0.717, 1.165) is 55.6 Å². The second-order valence-corrected chi connectivity index (χ2v) is 8.60. The van der Waals surface area contributed by atoms with Crippen LogP contribution in [0.1, 0.15) is 35.2 Å². The van der Waals surface area contributed by atoms with Crippen molar-refractivity contribution in [3.63, 3.8) is 0 Å². The van der Waals surface area contributed by atoms with E-state index in [1.807, 2.05) is 41.2 Å². The molecule has 0 spiro atoms. The average Bonchev–Trinajstić information content (AvgIpc) is 3.35. The fraction of sp³-hybridized carbons (Fsp3) is 0.346. The van der Waals surface area contributed by atoms with E-state index in [1.165, 1.54) is 0 Å². The maximum Gasteiger partial charge on any atom is 0.251 e. The quantitative estimate of drug-likeness (QED) is 0.495. The van der Waals surface area contributed by atoms with Crippen molar-refractivity contribution in [2.75, 3.05) is 26.2 Å². The minimum atomic E-state index is -0.209. The van der Waals surface area contributed by atoms with Gasteiger partial charge in [0.05, 0.1) is 12.5 Å². The lowest BCUT2D eigenvalue weighted by Gasteiger charge is -2.31. The van der Waals surface area contributed by atoms with Crippen LogP contribution < -0.4 is 11.1 Å². The number of likely N-dealkylation sites (tertiary alicyclic amines) is 1. The number of nitrogens with zero attached hydrogens (tertiary/aromatic N) is 3. The standard InChI is InChI=1S/C26H31N5O2/c27-25(32)22-6-3-15-30(19-22)16-4-13-28-26(33)24-8-2-1-7-23(24)21-11-9-20(10-12-21)18-31-17-5-14-29-31/h1-2,5,7-12,14,17,22H,3-4,6,13,15-16,18-19H2,(H2,27,32)(H,28,33). The fourth-order valence-electron chi connectivity index (χ4n) is 4.39. The second kappa shape index (κ2) is 10.9. The molecule has 2 aromatic carbocycles. The Morgan fingerprint density at radius 3 is 2.67 bits per heavy atom. The van der Waals surface area contributed by atoms with Gasteiger partial charge in [-0.25, -0.2) is 0 Å². The number of carbonyl (C=O) groups excluding carboxylic acids is 2. The van der Waals surface area contributed by atoms with Crippen LogP contribution in [0.25, 0.3) is 11.1 Å². The van der Waals surface area contributed by atoms with Crippen LogP contribution in [0.5, 0.6) is 0 Å². The third kappa shape index (κ3) is 6.08. The predicted octanol–water partition coefficient (Wildman–Crippen LogP) is 2.92. The lowest BCUT2D eigenvalue weighted by Crippen LogP contribution is -2.42. The van der Waals surface area contributed by atoms with Gasteiger partial charge < -0.3 is 16.0 Å². The third-order valence-corrected chi connectivity index (χ3v) is 6.18. The van der Waals surface area contributed by atoms with Crippen LogP contribution in [0.4, 0.5) is 0 Å². The highest BCUT2D eigenvalue weighted by Gasteiger charge is 2.23. The Hall–Kier alpha value is -3.45. The first kappa shape index (κ1) is 22.7. The van der Waals surface area contributed by atoms with Crippen molar-refractivity contribution in [2.24, 2.45) is 11.7 Å². The number of nitrogens with two attached hydrogens (primary N) is 1. The highest BCUT2D eigenvalue weighted by molar-refractivity contribution is 6.00. The van der Waals surface area contributed by atoms with Gasteiger partial charge in [-0.15, -0.1) is 0 Å². The van der Waals surface area contributed by atoms with Crippen LogP contribution in [-0.4, -0.2) is 52.7 Å². The first-order valence-corrected chi connectivity index (χ1v) is 11.6. The Morgan fingerprint density at radius 1 is 1.09 bits per heavy atom. The van der Waals surface area contributed by atoms with Gasteiger partial charge in [-0.05, 0) is 61.2 Å². The molecule has 33 heavy (non-hydrogen) atoms. The van der Waals surface area contributed by atoms with Crippen molar-refractivity contribution < 1.29 is 9.59 Å². The summed E-state index contributed by atoms with van der Waals surface area (Å²) in [5.41, 5.74) is 9.21. The third-order valence-electron chi connectivity index (χ3n) is 6.18. The summed E-state index contributed by atoms with van der Waals surface area (Å²) in [6.07, 6.45) is 6.42. The molecule has 0 bridgehead atoms. The van der Waals surface area contributed by atoms with E-state index in [4.69, 9.17) is 5.73 Å². The maximum absolute atomic E-state index is 12.9. The molecule has 1 fully saturated rings. The molecular weight excluding hydrogens is 414 g/mol. The number of primary amides is 1. The van der Waals surface area contributed by atoms with Crippen LogP contribution >= 0.6 is 0 Å². The summed E-state index contributed by atoms with van der Waals surface area (Å²) in [6.45, 7) is 3.86. The van der Waals surface area contributed by atoms with Gasteiger partial charge in [0.1, 0.15) is 0 Å². The minimum Gasteiger partial charge on any atom is -0.369 e. The molecule has 1 unspecified atom stereocenters. The first-order valence-electron chi connectivity index (χ1n) is 11.6. The van der Waals surface area contributed by atoms with Gasteiger partial charge in [0, 0.05) is 31.0 Å². The lowest BCUT2D eigenvalue weighted by molar-refractivity contribution is -0.123. The normalized spacial score (nSPS) is 16.4. The van der Waals surface area contributed by atoms with Gasteiger partial charge in [-0.1, -0.05) is 42.5 Å². The zero-order valence-electron chi connectivity index (χ0n) is 18.8. The second-order valence-electron chi connectivity index (χ2n) is 8.60. The van der Waals surface area contributed by atoms with E-state index < -0.39 is 0 Å². The smallest absolute Gasteiger partial charge is 0.251 e. The van der Waals surface area contributed by atoms with Gasteiger partial charge in [0.2, 0.25) is 5.91 Å².